The van der Waals surface area contributed by atoms with Crippen LogP contribution in [0.2, 0.25) is 0 Å². The van der Waals surface area contributed by atoms with Gasteiger partial charge in [0.2, 0.25) is 5.91 Å². The highest BCUT2D eigenvalue weighted by molar-refractivity contribution is 5.93. The number of anilines is 1. The Morgan fingerprint density at radius 1 is 1.07 bits per heavy atom. The number of nitrogens with zero attached hydrogens (tertiary/aromatic N) is 1. The van der Waals surface area contributed by atoms with E-state index < -0.39 is 11.7 Å². The third kappa shape index (κ3) is 4.73. The molecule has 1 aliphatic rings. The van der Waals surface area contributed by atoms with Gasteiger partial charge in [0.15, 0.2) is 0 Å². The van der Waals surface area contributed by atoms with Gasteiger partial charge in [-0.15, -0.1) is 0 Å². The number of alkyl halides is 3. The van der Waals surface area contributed by atoms with E-state index in [-0.39, 0.29) is 18.5 Å². The number of para-hydroxylation sites is 1. The number of likely N-dealkylation sites (tertiary alicyclic amines) is 1. The van der Waals surface area contributed by atoms with E-state index in [1.165, 1.54) is 12.1 Å². The Labute approximate surface area is 163 Å². The van der Waals surface area contributed by atoms with Crippen LogP contribution in [-0.4, -0.2) is 23.9 Å². The van der Waals surface area contributed by atoms with Gasteiger partial charge in [-0.25, -0.2) is 0 Å². The van der Waals surface area contributed by atoms with Crippen LogP contribution < -0.4 is 5.32 Å². The number of hydrogen-bond acceptors (Lipinski definition) is 2. The van der Waals surface area contributed by atoms with E-state index in [0.717, 1.165) is 60.3 Å². The van der Waals surface area contributed by atoms with E-state index in [4.69, 9.17) is 0 Å². The van der Waals surface area contributed by atoms with Crippen LogP contribution in [0.4, 0.5) is 18.9 Å². The quantitative estimate of drug-likeness (QED) is 0.749. The van der Waals surface area contributed by atoms with E-state index in [1.807, 2.05) is 32.0 Å². The zero-order chi connectivity index (χ0) is 20.3. The van der Waals surface area contributed by atoms with Gasteiger partial charge in [0, 0.05) is 11.7 Å². The standard InChI is InChI=1S/C22H25F3N2O/c1-15-6-5-7-16(2)21(15)26-20(28)14-27-13-4-3-8-19(27)17-9-11-18(12-10-17)22(23,24)25/h5-7,9-12,19H,3-4,8,13-14H2,1-2H3,(H,26,28). The van der Waals surface area contributed by atoms with Crippen LogP contribution in [0.15, 0.2) is 42.5 Å². The summed E-state index contributed by atoms with van der Waals surface area (Å²) in [5, 5.41) is 3.00. The van der Waals surface area contributed by atoms with Crippen LogP contribution in [0, 0.1) is 13.8 Å². The predicted molar refractivity (Wildman–Crippen MR) is 104 cm³/mol. The molecule has 0 aromatic heterocycles. The van der Waals surface area contributed by atoms with E-state index in [1.54, 1.807) is 0 Å². The van der Waals surface area contributed by atoms with Gasteiger partial charge in [-0.1, -0.05) is 36.8 Å². The fourth-order valence-electron chi connectivity index (χ4n) is 3.83. The molecule has 1 atom stereocenters. The third-order valence-electron chi connectivity index (χ3n) is 5.33. The maximum Gasteiger partial charge on any atom is 0.416 e. The number of benzene rings is 2. The first-order chi connectivity index (χ1) is 13.3. The number of rotatable bonds is 4. The molecular weight excluding hydrogens is 365 g/mol. The first-order valence-electron chi connectivity index (χ1n) is 9.53. The maximum absolute atomic E-state index is 12.8. The second-order valence-corrected chi connectivity index (χ2v) is 7.42. The summed E-state index contributed by atoms with van der Waals surface area (Å²) in [5.74, 6) is -0.101. The Bertz CT molecular complexity index is 810. The number of amides is 1. The van der Waals surface area contributed by atoms with Crippen LogP contribution >= 0.6 is 0 Å². The van der Waals surface area contributed by atoms with Crippen molar-refractivity contribution in [1.29, 1.82) is 0 Å². The molecule has 0 aliphatic carbocycles. The van der Waals surface area contributed by atoms with Crippen molar-refractivity contribution in [2.75, 3.05) is 18.4 Å². The zero-order valence-electron chi connectivity index (χ0n) is 16.1. The van der Waals surface area contributed by atoms with Crippen LogP contribution in [-0.2, 0) is 11.0 Å². The second-order valence-electron chi connectivity index (χ2n) is 7.42. The predicted octanol–water partition coefficient (Wildman–Crippen LogP) is 5.49. The highest BCUT2D eigenvalue weighted by Gasteiger charge is 2.31. The fourth-order valence-corrected chi connectivity index (χ4v) is 3.83. The van der Waals surface area contributed by atoms with E-state index in [9.17, 15) is 18.0 Å². The summed E-state index contributed by atoms with van der Waals surface area (Å²) in [5.41, 5.74) is 3.02. The van der Waals surface area contributed by atoms with Gasteiger partial charge in [-0.3, -0.25) is 9.69 Å². The van der Waals surface area contributed by atoms with Crippen molar-refractivity contribution in [1.82, 2.24) is 4.90 Å². The molecule has 0 saturated carbocycles. The maximum atomic E-state index is 12.8. The summed E-state index contributed by atoms with van der Waals surface area (Å²) in [6, 6.07) is 11.1. The van der Waals surface area contributed by atoms with Gasteiger partial charge in [0.25, 0.3) is 0 Å². The number of halogens is 3. The average Bonchev–Trinajstić information content (AvgIpc) is 2.65. The number of nitrogens with one attached hydrogen (secondary N) is 1. The van der Waals surface area contributed by atoms with Crippen molar-refractivity contribution in [2.24, 2.45) is 0 Å². The fraction of sp³-hybridized carbons (Fsp3) is 0.409. The smallest absolute Gasteiger partial charge is 0.324 e. The molecule has 1 aliphatic heterocycles. The molecular formula is C22H25F3N2O. The first-order valence-corrected chi connectivity index (χ1v) is 9.53. The SMILES string of the molecule is Cc1cccc(C)c1NC(=O)CN1CCCCC1c1ccc(C(F)(F)F)cc1. The monoisotopic (exact) mass is 390 g/mol. The molecule has 1 amide bonds. The van der Waals surface area contributed by atoms with Gasteiger partial charge in [0.1, 0.15) is 0 Å². The molecule has 1 fully saturated rings. The highest BCUT2D eigenvalue weighted by atomic mass is 19.4. The molecule has 2 aromatic rings. The summed E-state index contributed by atoms with van der Waals surface area (Å²) in [6.45, 7) is 4.88. The lowest BCUT2D eigenvalue weighted by Crippen LogP contribution is -2.39. The Morgan fingerprint density at radius 3 is 2.32 bits per heavy atom. The lowest BCUT2D eigenvalue weighted by molar-refractivity contribution is -0.137. The lowest BCUT2D eigenvalue weighted by atomic mass is 9.94. The second kappa shape index (κ2) is 8.35. The van der Waals surface area contributed by atoms with Crippen molar-refractivity contribution in [3.63, 3.8) is 0 Å². The Kier molecular flexibility index (Phi) is 6.08. The summed E-state index contributed by atoms with van der Waals surface area (Å²) < 4.78 is 38.5. The number of carbonyl (C=O) groups excluding carboxylic acids is 1. The van der Waals surface area contributed by atoms with Gasteiger partial charge in [-0.05, 0) is 62.1 Å². The van der Waals surface area contributed by atoms with Crippen molar-refractivity contribution < 1.29 is 18.0 Å². The summed E-state index contributed by atoms with van der Waals surface area (Å²) in [7, 11) is 0. The number of piperidine rings is 1. The molecule has 0 bridgehead atoms. The number of carbonyl (C=O) groups is 1. The molecule has 1 heterocycles. The minimum absolute atomic E-state index is 0.0419. The minimum Gasteiger partial charge on any atom is -0.324 e. The van der Waals surface area contributed by atoms with E-state index >= 15 is 0 Å². The van der Waals surface area contributed by atoms with Gasteiger partial charge in [0.05, 0.1) is 12.1 Å². The van der Waals surface area contributed by atoms with Crippen LogP contribution in [0.3, 0.4) is 0 Å². The van der Waals surface area contributed by atoms with Gasteiger partial charge < -0.3 is 5.32 Å². The molecule has 28 heavy (non-hydrogen) atoms. The highest BCUT2D eigenvalue weighted by Crippen LogP contribution is 2.34. The van der Waals surface area contributed by atoms with E-state index in [0.29, 0.717) is 0 Å². The summed E-state index contributed by atoms with van der Waals surface area (Å²) >= 11 is 0. The Morgan fingerprint density at radius 2 is 1.71 bits per heavy atom. The van der Waals surface area contributed by atoms with Crippen molar-refractivity contribution in [2.45, 2.75) is 45.3 Å². The Hall–Kier alpha value is -2.34. The molecule has 1 saturated heterocycles. The van der Waals surface area contributed by atoms with Gasteiger partial charge >= 0.3 is 6.18 Å². The molecule has 1 N–H and O–H groups in total. The van der Waals surface area contributed by atoms with Crippen LogP contribution in [0.1, 0.15) is 47.6 Å². The van der Waals surface area contributed by atoms with Crippen molar-refractivity contribution >= 4 is 11.6 Å². The van der Waals surface area contributed by atoms with E-state index in [2.05, 4.69) is 10.2 Å². The third-order valence-corrected chi connectivity index (χ3v) is 5.33. The van der Waals surface area contributed by atoms with Crippen LogP contribution in [0.5, 0.6) is 0 Å². The molecule has 6 heteroatoms. The topological polar surface area (TPSA) is 32.3 Å². The molecule has 150 valence electrons. The summed E-state index contributed by atoms with van der Waals surface area (Å²) in [4.78, 5) is 14.7. The summed E-state index contributed by atoms with van der Waals surface area (Å²) in [6.07, 6.45) is -1.52. The number of hydrogen-bond donors (Lipinski definition) is 1. The van der Waals surface area contributed by atoms with Gasteiger partial charge in [-0.2, -0.15) is 13.2 Å². The lowest BCUT2D eigenvalue weighted by Gasteiger charge is -2.35. The first kappa shape index (κ1) is 20.4. The molecule has 3 nitrogen and oxygen atoms in total. The van der Waals surface area contributed by atoms with Crippen LogP contribution in [0.25, 0.3) is 0 Å². The number of aryl methyl sites for hydroxylation is 2. The zero-order valence-corrected chi connectivity index (χ0v) is 16.1. The molecule has 1 unspecified atom stereocenters. The largest absolute Gasteiger partial charge is 0.416 e. The average molecular weight is 390 g/mol. The minimum atomic E-state index is -4.34. The molecule has 0 spiro atoms. The van der Waals surface area contributed by atoms with Crippen molar-refractivity contribution in [3.05, 3.63) is 64.7 Å². The molecule has 3 rings (SSSR count). The molecule has 0 radical (unpaired) electrons. The molecule has 2 aromatic carbocycles. The van der Waals surface area contributed by atoms with Crippen molar-refractivity contribution in [3.8, 4) is 0 Å². The normalized spacial score (nSPS) is 18.1. The Balaban J connectivity index is 1.72.